The SMILES string of the molecule is CC(C)c1nc(-c2cncc(F)c2)cnc1N(C(=O)OC(C)(C)C)C(=O)OC(C)(C)C. The summed E-state index contributed by atoms with van der Waals surface area (Å²) in [5.74, 6) is -0.749. The summed E-state index contributed by atoms with van der Waals surface area (Å²) >= 11 is 0. The lowest BCUT2D eigenvalue weighted by Crippen LogP contribution is -2.44. The lowest BCUT2D eigenvalue weighted by molar-refractivity contribution is 0.0428. The maximum atomic E-state index is 13.6. The molecule has 0 radical (unpaired) electrons. The fourth-order valence-corrected chi connectivity index (χ4v) is 2.51. The van der Waals surface area contributed by atoms with E-state index < -0.39 is 29.2 Å². The van der Waals surface area contributed by atoms with E-state index in [4.69, 9.17) is 9.47 Å². The molecule has 0 N–H and O–H groups in total. The van der Waals surface area contributed by atoms with E-state index in [1.165, 1.54) is 18.5 Å². The lowest BCUT2D eigenvalue weighted by Gasteiger charge is -2.29. The second kappa shape index (κ2) is 8.95. The summed E-state index contributed by atoms with van der Waals surface area (Å²) in [6.07, 6.45) is 2.02. The number of carbonyl (C=O) groups is 2. The first kappa shape index (κ1) is 24.2. The molecule has 31 heavy (non-hydrogen) atoms. The lowest BCUT2D eigenvalue weighted by atomic mass is 10.1. The third-order valence-electron chi connectivity index (χ3n) is 3.69. The van der Waals surface area contributed by atoms with Crippen molar-refractivity contribution in [1.29, 1.82) is 0 Å². The van der Waals surface area contributed by atoms with Crippen molar-refractivity contribution in [2.24, 2.45) is 0 Å². The Kier molecular flexibility index (Phi) is 6.98. The average molecular weight is 432 g/mol. The van der Waals surface area contributed by atoms with Crippen LogP contribution in [0.3, 0.4) is 0 Å². The van der Waals surface area contributed by atoms with Crippen LogP contribution in [-0.2, 0) is 9.47 Å². The smallest absolute Gasteiger partial charge is 0.425 e. The number of pyridine rings is 1. The molecule has 0 aliphatic carbocycles. The van der Waals surface area contributed by atoms with E-state index in [2.05, 4.69) is 15.0 Å². The van der Waals surface area contributed by atoms with Gasteiger partial charge in [-0.15, -0.1) is 0 Å². The van der Waals surface area contributed by atoms with Gasteiger partial charge in [0.15, 0.2) is 5.82 Å². The number of nitrogens with zero attached hydrogens (tertiary/aromatic N) is 4. The zero-order chi connectivity index (χ0) is 23.6. The van der Waals surface area contributed by atoms with E-state index in [9.17, 15) is 14.0 Å². The third-order valence-corrected chi connectivity index (χ3v) is 3.69. The van der Waals surface area contributed by atoms with Crippen LogP contribution in [0.15, 0.2) is 24.7 Å². The highest BCUT2D eigenvalue weighted by Crippen LogP contribution is 2.29. The molecule has 0 bridgehead atoms. The van der Waals surface area contributed by atoms with Crippen LogP contribution in [-0.4, -0.2) is 38.3 Å². The predicted molar refractivity (Wildman–Crippen MR) is 114 cm³/mol. The van der Waals surface area contributed by atoms with Crippen molar-refractivity contribution in [3.05, 3.63) is 36.2 Å². The summed E-state index contributed by atoms with van der Waals surface area (Å²) in [7, 11) is 0. The van der Waals surface area contributed by atoms with Crippen molar-refractivity contribution in [3.8, 4) is 11.3 Å². The van der Waals surface area contributed by atoms with Gasteiger partial charge in [0.2, 0.25) is 0 Å². The zero-order valence-corrected chi connectivity index (χ0v) is 19.2. The minimum absolute atomic E-state index is 0.00777. The van der Waals surface area contributed by atoms with Gasteiger partial charge in [0.1, 0.15) is 17.0 Å². The van der Waals surface area contributed by atoms with Crippen molar-refractivity contribution < 1.29 is 23.5 Å². The number of rotatable bonds is 3. The fraction of sp³-hybridized carbons (Fsp3) is 0.500. The molecular weight excluding hydrogens is 403 g/mol. The van der Waals surface area contributed by atoms with Crippen molar-refractivity contribution in [2.75, 3.05) is 4.90 Å². The molecule has 0 saturated heterocycles. The number of imide groups is 1. The van der Waals surface area contributed by atoms with Crippen LogP contribution in [0.4, 0.5) is 19.8 Å². The first-order valence-electron chi connectivity index (χ1n) is 9.92. The van der Waals surface area contributed by atoms with Gasteiger partial charge in [-0.3, -0.25) is 4.98 Å². The van der Waals surface area contributed by atoms with E-state index in [-0.39, 0.29) is 11.7 Å². The van der Waals surface area contributed by atoms with Crippen molar-refractivity contribution >= 4 is 18.0 Å². The maximum Gasteiger partial charge on any atom is 0.425 e. The molecule has 2 aromatic rings. The molecule has 0 aliphatic heterocycles. The van der Waals surface area contributed by atoms with Gasteiger partial charge in [-0.2, -0.15) is 4.90 Å². The van der Waals surface area contributed by atoms with Gasteiger partial charge < -0.3 is 9.47 Å². The standard InChI is InChI=1S/C22H29FN4O4/c1-13(2)17-18(25-12-16(26-17)14-9-15(23)11-24-10-14)27(19(28)30-21(3,4)5)20(29)31-22(6,7)8/h9-13H,1-8H3. The quantitative estimate of drug-likeness (QED) is 0.634. The zero-order valence-electron chi connectivity index (χ0n) is 19.2. The molecule has 0 unspecified atom stereocenters. The molecule has 0 saturated carbocycles. The number of ether oxygens (including phenoxy) is 2. The van der Waals surface area contributed by atoms with Gasteiger partial charge in [-0.05, 0) is 53.5 Å². The Labute approximate surface area is 181 Å². The molecule has 0 aliphatic rings. The molecule has 0 spiro atoms. The number of hydrogen-bond donors (Lipinski definition) is 0. The number of carbonyl (C=O) groups excluding carboxylic acids is 2. The monoisotopic (exact) mass is 432 g/mol. The topological polar surface area (TPSA) is 94.5 Å². The third kappa shape index (κ3) is 6.70. The summed E-state index contributed by atoms with van der Waals surface area (Å²) in [5, 5.41) is 0. The summed E-state index contributed by atoms with van der Waals surface area (Å²) < 4.78 is 24.4. The van der Waals surface area contributed by atoms with Crippen LogP contribution in [0, 0.1) is 5.82 Å². The maximum absolute atomic E-state index is 13.6. The van der Waals surface area contributed by atoms with Crippen molar-refractivity contribution in [1.82, 2.24) is 15.0 Å². The summed E-state index contributed by atoms with van der Waals surface area (Å²) in [4.78, 5) is 39.3. The predicted octanol–water partition coefficient (Wildman–Crippen LogP) is 5.48. The summed E-state index contributed by atoms with van der Waals surface area (Å²) in [5.41, 5.74) is -0.584. The summed E-state index contributed by atoms with van der Waals surface area (Å²) in [6.45, 7) is 13.8. The van der Waals surface area contributed by atoms with Crippen LogP contribution >= 0.6 is 0 Å². The highest BCUT2D eigenvalue weighted by atomic mass is 19.1. The van der Waals surface area contributed by atoms with Crippen LogP contribution in [0.5, 0.6) is 0 Å². The van der Waals surface area contributed by atoms with Gasteiger partial charge >= 0.3 is 12.2 Å². The van der Waals surface area contributed by atoms with Gasteiger partial charge in [-0.1, -0.05) is 13.8 Å². The Morgan fingerprint density at radius 2 is 1.52 bits per heavy atom. The number of hydrogen-bond acceptors (Lipinski definition) is 7. The largest absolute Gasteiger partial charge is 0.443 e. The van der Waals surface area contributed by atoms with Gasteiger partial charge in [0.05, 0.1) is 23.8 Å². The minimum atomic E-state index is -0.932. The van der Waals surface area contributed by atoms with Crippen LogP contribution in [0.2, 0.25) is 0 Å². The van der Waals surface area contributed by atoms with Crippen LogP contribution in [0.1, 0.15) is 67.0 Å². The van der Waals surface area contributed by atoms with Crippen LogP contribution in [0.25, 0.3) is 11.3 Å². The molecule has 0 atom stereocenters. The van der Waals surface area contributed by atoms with E-state index in [0.717, 1.165) is 11.1 Å². The number of anilines is 1. The van der Waals surface area contributed by atoms with E-state index in [0.29, 0.717) is 17.0 Å². The normalized spacial score (nSPS) is 11.9. The Hall–Kier alpha value is -3.10. The van der Waals surface area contributed by atoms with E-state index in [1.54, 1.807) is 41.5 Å². The number of aromatic nitrogens is 3. The van der Waals surface area contributed by atoms with Gasteiger partial charge in [0.25, 0.3) is 0 Å². The van der Waals surface area contributed by atoms with E-state index in [1.807, 2.05) is 13.8 Å². The highest BCUT2D eigenvalue weighted by Gasteiger charge is 2.36. The Morgan fingerprint density at radius 3 is 1.97 bits per heavy atom. The Bertz CT molecular complexity index is 937. The molecule has 2 heterocycles. The van der Waals surface area contributed by atoms with Gasteiger partial charge in [-0.25, -0.2) is 23.9 Å². The molecule has 8 nitrogen and oxygen atoms in total. The molecule has 168 valence electrons. The van der Waals surface area contributed by atoms with Gasteiger partial charge in [0, 0.05) is 11.8 Å². The average Bonchev–Trinajstić information content (AvgIpc) is 2.58. The molecular formula is C22H29FN4O4. The molecule has 2 rings (SSSR count). The Morgan fingerprint density at radius 1 is 0.968 bits per heavy atom. The first-order chi connectivity index (χ1) is 14.2. The van der Waals surface area contributed by atoms with Crippen molar-refractivity contribution in [3.63, 3.8) is 0 Å². The highest BCUT2D eigenvalue weighted by molar-refractivity contribution is 6.09. The second-order valence-corrected chi connectivity index (χ2v) is 9.31. The molecule has 0 aromatic carbocycles. The molecule has 2 amide bonds. The minimum Gasteiger partial charge on any atom is -0.443 e. The number of amides is 2. The molecule has 2 aromatic heterocycles. The molecule has 0 fully saturated rings. The van der Waals surface area contributed by atoms with Crippen molar-refractivity contribution in [2.45, 2.75) is 72.5 Å². The first-order valence-corrected chi connectivity index (χ1v) is 9.92. The second-order valence-electron chi connectivity index (χ2n) is 9.31. The van der Waals surface area contributed by atoms with Crippen LogP contribution < -0.4 is 4.90 Å². The Balaban J connectivity index is 2.60. The fourth-order valence-electron chi connectivity index (χ4n) is 2.51. The number of halogens is 1. The molecule has 9 heteroatoms. The summed E-state index contributed by atoms with van der Waals surface area (Å²) in [6, 6.07) is 1.28. The van der Waals surface area contributed by atoms with E-state index >= 15 is 0 Å².